The van der Waals surface area contributed by atoms with Gasteiger partial charge < -0.3 is 20.5 Å². The van der Waals surface area contributed by atoms with E-state index in [1.807, 2.05) is 62.6 Å². The van der Waals surface area contributed by atoms with Crippen LogP contribution in [0.4, 0.5) is 0 Å². The highest BCUT2D eigenvalue weighted by Gasteiger charge is 2.24. The Hall–Kier alpha value is -2.66. The second-order valence-electron chi connectivity index (χ2n) is 7.48. The summed E-state index contributed by atoms with van der Waals surface area (Å²) in [6.45, 7) is 5.67. The number of aryl methyl sites for hydroxylation is 1. The van der Waals surface area contributed by atoms with E-state index in [2.05, 4.69) is 25.7 Å². The van der Waals surface area contributed by atoms with E-state index in [0.29, 0.717) is 32.2 Å². The maximum Gasteiger partial charge on any atom is 0.191 e. The van der Waals surface area contributed by atoms with Crippen LogP contribution >= 0.6 is 24.0 Å². The molecule has 0 saturated heterocycles. The first-order valence-corrected chi connectivity index (χ1v) is 10.3. The summed E-state index contributed by atoms with van der Waals surface area (Å²) in [5.41, 5.74) is 1.58. The van der Waals surface area contributed by atoms with E-state index in [0.717, 1.165) is 22.6 Å². The number of pyridine rings is 1. The Balaban J connectivity index is 0.00000363. The molecule has 2 aromatic heterocycles. The Labute approximate surface area is 206 Å². The van der Waals surface area contributed by atoms with Gasteiger partial charge in [-0.1, -0.05) is 18.2 Å². The zero-order valence-electron chi connectivity index (χ0n) is 18.7. The third-order valence-electron chi connectivity index (χ3n) is 4.70. The fourth-order valence-corrected chi connectivity index (χ4v) is 2.94. The van der Waals surface area contributed by atoms with Crippen molar-refractivity contribution in [3.05, 3.63) is 77.9 Å². The molecule has 0 amide bonds. The summed E-state index contributed by atoms with van der Waals surface area (Å²) in [5, 5.41) is 21.3. The monoisotopic (exact) mass is 550 g/mol. The average molecular weight is 550 g/mol. The number of nitrogens with zero attached hydrogens (tertiary/aromatic N) is 4. The lowest BCUT2D eigenvalue weighted by Crippen LogP contribution is -2.44. The van der Waals surface area contributed by atoms with Crippen molar-refractivity contribution in [1.82, 2.24) is 25.4 Å². The Kier molecular flexibility index (Phi) is 9.92. The van der Waals surface area contributed by atoms with Gasteiger partial charge in [0.15, 0.2) is 5.96 Å². The van der Waals surface area contributed by atoms with Crippen molar-refractivity contribution in [1.29, 1.82) is 0 Å². The second-order valence-corrected chi connectivity index (χ2v) is 7.48. The molecule has 172 valence electrons. The standard InChI is InChI=1S/C23H30N6O2.HI/c1-4-24-22(27-17-23(2,30)19-14-28-29(3)15-19)26-13-18-8-7-10-21(12-18)31-16-20-9-5-6-11-25-20;/h5-12,14-15,30H,4,13,16-17H2,1-3H3,(H2,24,26,27);1H. The third-order valence-corrected chi connectivity index (χ3v) is 4.70. The van der Waals surface area contributed by atoms with Crippen LogP contribution in [0.1, 0.15) is 30.7 Å². The number of aliphatic imine (C=N–C) groups is 1. The van der Waals surface area contributed by atoms with Gasteiger partial charge in [-0.05, 0) is 43.7 Å². The molecular weight excluding hydrogens is 519 g/mol. The number of ether oxygens (including phenoxy) is 1. The average Bonchev–Trinajstić information content (AvgIpc) is 3.23. The number of halogens is 1. The molecule has 0 aliphatic rings. The number of hydrogen-bond donors (Lipinski definition) is 3. The molecule has 3 rings (SSSR count). The Morgan fingerprint density at radius 2 is 2.06 bits per heavy atom. The first-order chi connectivity index (χ1) is 15.0. The van der Waals surface area contributed by atoms with Gasteiger partial charge in [0.25, 0.3) is 0 Å². The smallest absolute Gasteiger partial charge is 0.191 e. The van der Waals surface area contributed by atoms with Crippen molar-refractivity contribution >= 4 is 29.9 Å². The van der Waals surface area contributed by atoms with Crippen LogP contribution in [0.25, 0.3) is 0 Å². The second kappa shape index (κ2) is 12.4. The van der Waals surface area contributed by atoms with Crippen LogP contribution in [0.15, 0.2) is 66.0 Å². The number of rotatable bonds is 9. The topological polar surface area (TPSA) is 96.6 Å². The van der Waals surface area contributed by atoms with Crippen LogP contribution in [-0.4, -0.2) is 38.9 Å². The molecule has 0 aliphatic carbocycles. The van der Waals surface area contributed by atoms with Gasteiger partial charge in [0.2, 0.25) is 0 Å². The molecule has 0 spiro atoms. The molecule has 0 radical (unpaired) electrons. The maximum absolute atomic E-state index is 10.8. The summed E-state index contributed by atoms with van der Waals surface area (Å²) >= 11 is 0. The van der Waals surface area contributed by atoms with Crippen molar-refractivity contribution in [2.45, 2.75) is 32.6 Å². The fourth-order valence-electron chi connectivity index (χ4n) is 2.94. The van der Waals surface area contributed by atoms with Gasteiger partial charge in [-0.3, -0.25) is 9.67 Å². The zero-order valence-corrected chi connectivity index (χ0v) is 21.0. The van der Waals surface area contributed by atoms with Crippen molar-refractivity contribution in [2.24, 2.45) is 12.0 Å². The van der Waals surface area contributed by atoms with Crippen molar-refractivity contribution in [2.75, 3.05) is 13.1 Å². The van der Waals surface area contributed by atoms with E-state index >= 15 is 0 Å². The number of hydrogen-bond acceptors (Lipinski definition) is 5. The van der Waals surface area contributed by atoms with Crippen molar-refractivity contribution in [3.8, 4) is 5.75 Å². The normalized spacial score (nSPS) is 13.1. The van der Waals surface area contributed by atoms with E-state index in [1.165, 1.54) is 0 Å². The molecule has 8 nitrogen and oxygen atoms in total. The van der Waals surface area contributed by atoms with Crippen LogP contribution in [-0.2, 0) is 25.8 Å². The molecule has 1 atom stereocenters. The Morgan fingerprint density at radius 1 is 1.22 bits per heavy atom. The number of benzene rings is 1. The van der Waals surface area contributed by atoms with Crippen molar-refractivity contribution in [3.63, 3.8) is 0 Å². The van der Waals surface area contributed by atoms with Crippen LogP contribution in [0.2, 0.25) is 0 Å². The van der Waals surface area contributed by atoms with E-state index in [1.54, 1.807) is 24.0 Å². The molecule has 1 unspecified atom stereocenters. The van der Waals surface area contributed by atoms with E-state index < -0.39 is 5.60 Å². The zero-order chi connectivity index (χ0) is 22.1. The maximum atomic E-state index is 10.8. The highest BCUT2D eigenvalue weighted by atomic mass is 127. The van der Waals surface area contributed by atoms with Gasteiger partial charge in [-0.2, -0.15) is 5.10 Å². The van der Waals surface area contributed by atoms with Gasteiger partial charge in [0, 0.05) is 31.5 Å². The summed E-state index contributed by atoms with van der Waals surface area (Å²) in [7, 11) is 1.83. The predicted molar refractivity (Wildman–Crippen MR) is 136 cm³/mol. The Morgan fingerprint density at radius 3 is 2.75 bits per heavy atom. The highest BCUT2D eigenvalue weighted by Crippen LogP contribution is 2.18. The highest BCUT2D eigenvalue weighted by molar-refractivity contribution is 14.0. The van der Waals surface area contributed by atoms with E-state index in [4.69, 9.17) is 4.74 Å². The first kappa shape index (κ1) is 25.6. The predicted octanol–water partition coefficient (Wildman–Crippen LogP) is 2.97. The van der Waals surface area contributed by atoms with Crippen LogP contribution in [0.3, 0.4) is 0 Å². The molecule has 1 aromatic carbocycles. The lowest BCUT2D eigenvalue weighted by molar-refractivity contribution is 0.0616. The third kappa shape index (κ3) is 7.79. The molecule has 2 heterocycles. The molecule has 32 heavy (non-hydrogen) atoms. The van der Waals surface area contributed by atoms with Gasteiger partial charge >= 0.3 is 0 Å². The molecule has 0 fully saturated rings. The number of aromatic nitrogens is 3. The Bertz CT molecular complexity index is 991. The summed E-state index contributed by atoms with van der Waals surface area (Å²) in [4.78, 5) is 8.91. The molecule has 0 saturated carbocycles. The van der Waals surface area contributed by atoms with Gasteiger partial charge in [-0.25, -0.2) is 4.99 Å². The molecule has 0 bridgehead atoms. The summed E-state index contributed by atoms with van der Waals surface area (Å²) in [6.07, 6.45) is 5.23. The fraction of sp³-hybridized carbons (Fsp3) is 0.348. The summed E-state index contributed by atoms with van der Waals surface area (Å²) < 4.78 is 7.52. The van der Waals surface area contributed by atoms with Crippen LogP contribution in [0, 0.1) is 0 Å². The number of guanidine groups is 1. The molecule has 9 heteroatoms. The quantitative estimate of drug-likeness (QED) is 0.216. The van der Waals surface area contributed by atoms with E-state index in [9.17, 15) is 5.11 Å². The van der Waals surface area contributed by atoms with Gasteiger partial charge in [0.05, 0.1) is 25.0 Å². The first-order valence-electron chi connectivity index (χ1n) is 10.3. The molecule has 3 aromatic rings. The van der Waals surface area contributed by atoms with Crippen LogP contribution in [0.5, 0.6) is 5.75 Å². The van der Waals surface area contributed by atoms with Gasteiger partial charge in [-0.15, -0.1) is 24.0 Å². The van der Waals surface area contributed by atoms with Crippen LogP contribution < -0.4 is 15.4 Å². The molecular formula is C23H31IN6O2. The largest absolute Gasteiger partial charge is 0.487 e. The minimum Gasteiger partial charge on any atom is -0.487 e. The van der Waals surface area contributed by atoms with Crippen molar-refractivity contribution < 1.29 is 9.84 Å². The molecule has 0 aliphatic heterocycles. The van der Waals surface area contributed by atoms with E-state index in [-0.39, 0.29) is 24.0 Å². The van der Waals surface area contributed by atoms with Gasteiger partial charge in [0.1, 0.15) is 18.0 Å². The lowest BCUT2D eigenvalue weighted by atomic mass is 10.00. The SMILES string of the molecule is CCNC(=NCc1cccc(OCc2ccccn2)c1)NCC(C)(O)c1cnn(C)c1.I. The molecule has 3 N–H and O–H groups in total. The minimum absolute atomic E-state index is 0. The summed E-state index contributed by atoms with van der Waals surface area (Å²) in [6, 6.07) is 13.6. The lowest BCUT2D eigenvalue weighted by Gasteiger charge is -2.23. The number of aliphatic hydroxyl groups is 1. The minimum atomic E-state index is -1.07. The summed E-state index contributed by atoms with van der Waals surface area (Å²) in [5.74, 6) is 1.40. The number of nitrogens with one attached hydrogen (secondary N) is 2.